The van der Waals surface area contributed by atoms with E-state index in [0.717, 1.165) is 47.9 Å². The topological polar surface area (TPSA) is 75.9 Å². The third-order valence-corrected chi connectivity index (χ3v) is 8.78. The first-order chi connectivity index (χ1) is 16.2. The van der Waals surface area contributed by atoms with E-state index < -0.39 is 0 Å². The van der Waals surface area contributed by atoms with E-state index in [9.17, 15) is 4.79 Å². The lowest BCUT2D eigenvalue weighted by atomic mass is 9.49. The molecule has 34 heavy (non-hydrogen) atoms. The lowest BCUT2D eigenvalue weighted by Gasteiger charge is -2.57. The number of carbonyl (C=O) groups is 1. The van der Waals surface area contributed by atoms with Gasteiger partial charge in [-0.25, -0.2) is 9.97 Å². The van der Waals surface area contributed by atoms with E-state index in [-0.39, 0.29) is 11.4 Å². The van der Waals surface area contributed by atoms with Crippen LogP contribution in [0.2, 0.25) is 0 Å². The number of rotatable bonds is 4. The molecule has 1 aliphatic heterocycles. The Morgan fingerprint density at radius 3 is 2.44 bits per heavy atom. The summed E-state index contributed by atoms with van der Waals surface area (Å²) in [7, 11) is 0. The Morgan fingerprint density at radius 2 is 1.79 bits per heavy atom. The zero-order chi connectivity index (χ0) is 23.7. The molecular formula is C27H38N6O. The average molecular weight is 463 g/mol. The molecule has 4 fully saturated rings. The summed E-state index contributed by atoms with van der Waals surface area (Å²) in [5, 5.41) is 8.36. The highest BCUT2D eigenvalue weighted by Crippen LogP contribution is 2.59. The van der Waals surface area contributed by atoms with Gasteiger partial charge in [-0.05, 0) is 102 Å². The summed E-state index contributed by atoms with van der Waals surface area (Å²) >= 11 is 0. The van der Waals surface area contributed by atoms with E-state index in [0.29, 0.717) is 24.2 Å². The molecule has 1 N–H and O–H groups in total. The first-order valence-electron chi connectivity index (χ1n) is 13.1. The van der Waals surface area contributed by atoms with Crippen LogP contribution in [-0.2, 0) is 18.5 Å². The van der Waals surface area contributed by atoms with Gasteiger partial charge in [-0.1, -0.05) is 0 Å². The molecule has 5 aliphatic rings. The summed E-state index contributed by atoms with van der Waals surface area (Å²) in [6, 6.07) is 1.90. The molecule has 2 aromatic heterocycles. The van der Waals surface area contributed by atoms with Crippen LogP contribution in [0.15, 0.2) is 12.4 Å². The van der Waals surface area contributed by atoms with Crippen molar-refractivity contribution in [3.63, 3.8) is 0 Å². The van der Waals surface area contributed by atoms with Crippen molar-refractivity contribution in [2.75, 3.05) is 18.4 Å². The lowest BCUT2D eigenvalue weighted by Crippen LogP contribution is -2.49. The highest BCUT2D eigenvalue weighted by molar-refractivity contribution is 5.93. The maximum Gasteiger partial charge on any atom is 0.272 e. The predicted molar refractivity (Wildman–Crippen MR) is 132 cm³/mol. The van der Waals surface area contributed by atoms with Gasteiger partial charge < -0.3 is 10.2 Å². The fourth-order valence-electron chi connectivity index (χ4n) is 7.78. The summed E-state index contributed by atoms with van der Waals surface area (Å²) < 4.78 is 1.86. The zero-order valence-electron chi connectivity index (χ0n) is 21.1. The van der Waals surface area contributed by atoms with E-state index >= 15 is 0 Å². The minimum atomic E-state index is -0.247. The Bertz CT molecular complexity index is 1080. The third kappa shape index (κ3) is 3.81. The molecule has 0 radical (unpaired) electrons. The van der Waals surface area contributed by atoms with Gasteiger partial charge in [0.1, 0.15) is 17.8 Å². The van der Waals surface area contributed by atoms with E-state index in [2.05, 4.69) is 41.2 Å². The van der Waals surface area contributed by atoms with Gasteiger partial charge in [-0.2, -0.15) is 5.10 Å². The number of hydrogen-bond acceptors (Lipinski definition) is 5. The zero-order valence-corrected chi connectivity index (χ0v) is 21.1. The molecule has 7 heteroatoms. The van der Waals surface area contributed by atoms with Crippen LogP contribution >= 0.6 is 0 Å². The highest BCUT2D eigenvalue weighted by Gasteiger charge is 2.50. The van der Waals surface area contributed by atoms with Crippen molar-refractivity contribution in [2.24, 2.45) is 23.2 Å². The lowest BCUT2D eigenvalue weighted by molar-refractivity contribution is -0.0444. The van der Waals surface area contributed by atoms with Crippen molar-refractivity contribution in [2.45, 2.75) is 84.7 Å². The van der Waals surface area contributed by atoms with Crippen LogP contribution < -0.4 is 5.32 Å². The number of hydrogen-bond donors (Lipinski definition) is 1. The largest absolute Gasteiger partial charge is 0.369 e. The number of amides is 1. The van der Waals surface area contributed by atoms with Gasteiger partial charge in [0.2, 0.25) is 0 Å². The standard InChI is InChI=1S/C27H38N6O/c1-17-7-23(33(31-17)26(2,3)4)25(34)32-6-5-21-22(14-32)29-16-30-24(21)28-15-27-11-18-8-19(12-27)10-20(9-18)13-27/h7,16,18-20H,5-6,8-15H2,1-4H3,(H,28,29,30). The monoisotopic (exact) mass is 462 g/mol. The highest BCUT2D eigenvalue weighted by atomic mass is 16.2. The first kappa shape index (κ1) is 22.1. The molecule has 0 unspecified atom stereocenters. The van der Waals surface area contributed by atoms with Gasteiger partial charge in [0.15, 0.2) is 0 Å². The fraction of sp³-hybridized carbons (Fsp3) is 0.704. The van der Waals surface area contributed by atoms with Crippen LogP contribution in [0.25, 0.3) is 0 Å². The molecule has 4 saturated carbocycles. The molecule has 0 saturated heterocycles. The van der Waals surface area contributed by atoms with E-state index in [1.54, 1.807) is 6.33 Å². The number of nitrogens with one attached hydrogen (secondary N) is 1. The van der Waals surface area contributed by atoms with Crippen molar-refractivity contribution >= 4 is 11.7 Å². The van der Waals surface area contributed by atoms with Crippen LogP contribution in [-0.4, -0.2) is 43.6 Å². The summed E-state index contributed by atoms with van der Waals surface area (Å²) in [5.74, 6) is 3.89. The molecule has 7 nitrogen and oxygen atoms in total. The molecule has 4 aliphatic carbocycles. The molecule has 2 aromatic rings. The van der Waals surface area contributed by atoms with Crippen LogP contribution in [0.5, 0.6) is 0 Å². The van der Waals surface area contributed by atoms with Crippen molar-refractivity contribution in [1.29, 1.82) is 0 Å². The first-order valence-corrected chi connectivity index (χ1v) is 13.1. The second kappa shape index (κ2) is 7.79. The quantitative estimate of drug-likeness (QED) is 0.721. The van der Waals surface area contributed by atoms with Gasteiger partial charge in [0, 0.05) is 18.7 Å². The van der Waals surface area contributed by atoms with Gasteiger partial charge in [0.05, 0.1) is 23.5 Å². The maximum atomic E-state index is 13.5. The molecule has 3 heterocycles. The Balaban J connectivity index is 1.18. The predicted octanol–water partition coefficient (Wildman–Crippen LogP) is 4.56. The average Bonchev–Trinajstić information content (AvgIpc) is 3.18. The number of carbonyl (C=O) groups excluding carboxylic acids is 1. The van der Waals surface area contributed by atoms with Gasteiger partial charge in [-0.3, -0.25) is 9.48 Å². The summed E-state index contributed by atoms with van der Waals surface area (Å²) in [4.78, 5) is 24.6. The number of fused-ring (bicyclic) bond motifs is 1. The molecule has 182 valence electrons. The minimum absolute atomic E-state index is 0.0304. The Labute approximate surface area is 202 Å². The Morgan fingerprint density at radius 1 is 1.12 bits per heavy atom. The summed E-state index contributed by atoms with van der Waals surface area (Å²) in [5.41, 5.74) is 3.91. The van der Waals surface area contributed by atoms with E-state index in [1.807, 2.05) is 22.6 Å². The molecule has 0 aromatic carbocycles. The third-order valence-electron chi connectivity index (χ3n) is 8.78. The van der Waals surface area contributed by atoms with Crippen LogP contribution in [0.1, 0.15) is 86.7 Å². The summed E-state index contributed by atoms with van der Waals surface area (Å²) in [6.45, 7) is 10.4. The summed E-state index contributed by atoms with van der Waals surface area (Å²) in [6.07, 6.45) is 11.0. The minimum Gasteiger partial charge on any atom is -0.369 e. The SMILES string of the molecule is Cc1cc(C(=O)N2CCc3c(ncnc3NCC34CC5CC(CC(C5)C3)C4)C2)n(C(C)(C)C)n1. The Hall–Kier alpha value is -2.44. The van der Waals surface area contributed by atoms with E-state index in [4.69, 9.17) is 0 Å². The number of nitrogens with zero attached hydrogens (tertiary/aromatic N) is 5. The van der Waals surface area contributed by atoms with Crippen molar-refractivity contribution in [1.82, 2.24) is 24.6 Å². The second-order valence-corrected chi connectivity index (χ2v) is 12.6. The molecule has 1 amide bonds. The molecule has 4 bridgehead atoms. The molecule has 0 atom stereocenters. The maximum absolute atomic E-state index is 13.5. The van der Waals surface area contributed by atoms with Crippen molar-refractivity contribution in [3.05, 3.63) is 35.0 Å². The number of aryl methyl sites for hydroxylation is 1. The van der Waals surface area contributed by atoms with Crippen LogP contribution in [0.3, 0.4) is 0 Å². The van der Waals surface area contributed by atoms with Crippen LogP contribution in [0.4, 0.5) is 5.82 Å². The van der Waals surface area contributed by atoms with E-state index in [1.165, 1.54) is 44.1 Å². The number of aromatic nitrogens is 4. The van der Waals surface area contributed by atoms with Gasteiger partial charge in [-0.15, -0.1) is 0 Å². The van der Waals surface area contributed by atoms with Gasteiger partial charge in [0.25, 0.3) is 5.91 Å². The molecular weight excluding hydrogens is 424 g/mol. The molecule has 7 rings (SSSR count). The molecule has 0 spiro atoms. The fourth-order valence-corrected chi connectivity index (χ4v) is 7.78. The normalized spacial score (nSPS) is 29.9. The van der Waals surface area contributed by atoms with Crippen LogP contribution in [0, 0.1) is 30.1 Å². The second-order valence-electron chi connectivity index (χ2n) is 12.6. The van der Waals surface area contributed by atoms with Gasteiger partial charge >= 0.3 is 0 Å². The van der Waals surface area contributed by atoms with Crippen molar-refractivity contribution < 1.29 is 4.79 Å². The smallest absolute Gasteiger partial charge is 0.272 e. The number of anilines is 1. The van der Waals surface area contributed by atoms with Crippen molar-refractivity contribution in [3.8, 4) is 0 Å². The Kier molecular flexibility index (Phi) is 5.05.